The van der Waals surface area contributed by atoms with Crippen molar-refractivity contribution in [3.63, 3.8) is 0 Å². The maximum atomic E-state index is 12.6. The minimum absolute atomic E-state index is 0.0496. The van der Waals surface area contributed by atoms with Crippen molar-refractivity contribution in [2.45, 2.75) is 6.92 Å². The van der Waals surface area contributed by atoms with Gasteiger partial charge in [-0.15, -0.1) is 0 Å². The lowest BCUT2D eigenvalue weighted by molar-refractivity contribution is 0.104. The number of benzene rings is 2. The minimum Gasteiger partial charge on any atom is -0.493 e. The summed E-state index contributed by atoms with van der Waals surface area (Å²) >= 11 is 3.43. The quantitative estimate of drug-likeness (QED) is 0.429. The number of carbonyl (C=O) groups is 1. The molecule has 2 aromatic rings. The van der Waals surface area contributed by atoms with Crippen molar-refractivity contribution >= 4 is 27.8 Å². The Morgan fingerprint density at radius 2 is 1.83 bits per heavy atom. The van der Waals surface area contributed by atoms with Crippen LogP contribution in [0.3, 0.4) is 0 Å². The highest BCUT2D eigenvalue weighted by Crippen LogP contribution is 2.34. The standard InChI is InChI=1S/C19H16BrNO3/c1-12-5-4-6-13(7-12)19(22)15(11-21)8-14-9-17(23-2)18(24-3)10-16(14)20/h4-10H,1-3H3/b15-8+. The number of ether oxygens (including phenoxy) is 2. The monoisotopic (exact) mass is 385 g/mol. The van der Waals surface area contributed by atoms with Gasteiger partial charge in [0.25, 0.3) is 0 Å². The Hall–Kier alpha value is -2.58. The lowest BCUT2D eigenvalue weighted by atomic mass is 10.0. The summed E-state index contributed by atoms with van der Waals surface area (Å²) in [6.07, 6.45) is 1.54. The number of nitriles is 1. The van der Waals surface area contributed by atoms with Crippen LogP contribution in [-0.4, -0.2) is 20.0 Å². The summed E-state index contributed by atoms with van der Waals surface area (Å²) in [5.41, 5.74) is 2.16. The highest BCUT2D eigenvalue weighted by atomic mass is 79.9. The molecule has 0 amide bonds. The smallest absolute Gasteiger partial charge is 0.203 e. The van der Waals surface area contributed by atoms with Crippen molar-refractivity contribution in [3.05, 3.63) is 63.1 Å². The number of aryl methyl sites for hydroxylation is 1. The molecule has 0 N–H and O–H groups in total. The van der Waals surface area contributed by atoms with Gasteiger partial charge >= 0.3 is 0 Å². The Morgan fingerprint density at radius 3 is 2.42 bits per heavy atom. The van der Waals surface area contributed by atoms with E-state index >= 15 is 0 Å². The van der Waals surface area contributed by atoms with Gasteiger partial charge in [0.2, 0.25) is 5.78 Å². The van der Waals surface area contributed by atoms with Gasteiger partial charge in [-0.2, -0.15) is 5.26 Å². The number of ketones is 1. The number of allylic oxidation sites excluding steroid dienone is 1. The van der Waals surface area contributed by atoms with Gasteiger partial charge in [-0.25, -0.2) is 0 Å². The Bertz CT molecular complexity index is 850. The van der Waals surface area contributed by atoms with Crippen LogP contribution in [0.15, 0.2) is 46.4 Å². The zero-order chi connectivity index (χ0) is 17.7. The molecule has 0 aliphatic carbocycles. The van der Waals surface area contributed by atoms with Gasteiger partial charge in [0, 0.05) is 10.0 Å². The summed E-state index contributed by atoms with van der Waals surface area (Å²) in [4.78, 5) is 12.6. The third-order valence-corrected chi connectivity index (χ3v) is 4.13. The highest BCUT2D eigenvalue weighted by Gasteiger charge is 2.14. The number of hydrogen-bond donors (Lipinski definition) is 0. The van der Waals surface area contributed by atoms with Gasteiger partial charge in [-0.05, 0) is 36.8 Å². The number of hydrogen-bond acceptors (Lipinski definition) is 4. The number of methoxy groups -OCH3 is 2. The Labute approximate surface area is 149 Å². The van der Waals surface area contributed by atoms with Crippen molar-refractivity contribution in [3.8, 4) is 17.6 Å². The second-order valence-electron chi connectivity index (χ2n) is 5.10. The van der Waals surface area contributed by atoms with E-state index in [9.17, 15) is 10.1 Å². The van der Waals surface area contributed by atoms with Crippen LogP contribution in [0.25, 0.3) is 6.08 Å². The van der Waals surface area contributed by atoms with E-state index in [0.717, 1.165) is 5.56 Å². The maximum absolute atomic E-state index is 12.6. The predicted octanol–water partition coefficient (Wildman–Crippen LogP) is 4.56. The molecule has 0 saturated carbocycles. The van der Waals surface area contributed by atoms with Crippen molar-refractivity contribution in [1.29, 1.82) is 5.26 Å². The van der Waals surface area contributed by atoms with Crippen molar-refractivity contribution in [1.82, 2.24) is 0 Å². The molecule has 5 heteroatoms. The van der Waals surface area contributed by atoms with Gasteiger partial charge < -0.3 is 9.47 Å². The molecule has 2 aromatic carbocycles. The molecule has 4 nitrogen and oxygen atoms in total. The number of Topliss-reactive ketones (excluding diaryl/α,β-unsaturated/α-hetero) is 1. The fraction of sp³-hybridized carbons (Fsp3) is 0.158. The molecule has 0 fully saturated rings. The summed E-state index contributed by atoms with van der Waals surface area (Å²) in [6, 6.07) is 12.6. The molecule has 0 bridgehead atoms. The first-order chi connectivity index (χ1) is 11.5. The van der Waals surface area contributed by atoms with E-state index in [1.807, 2.05) is 19.1 Å². The Morgan fingerprint density at radius 1 is 1.17 bits per heavy atom. The molecule has 0 aliphatic rings. The van der Waals surface area contributed by atoms with E-state index in [-0.39, 0.29) is 11.4 Å². The lowest BCUT2D eigenvalue weighted by Crippen LogP contribution is -2.02. The summed E-state index contributed by atoms with van der Waals surface area (Å²) in [5.74, 6) is 0.764. The van der Waals surface area contributed by atoms with E-state index in [2.05, 4.69) is 15.9 Å². The molecule has 0 saturated heterocycles. The van der Waals surface area contributed by atoms with E-state index < -0.39 is 0 Å². The molecule has 0 aliphatic heterocycles. The molecule has 0 atom stereocenters. The fourth-order valence-electron chi connectivity index (χ4n) is 2.23. The van der Waals surface area contributed by atoms with E-state index in [4.69, 9.17) is 9.47 Å². The molecule has 0 spiro atoms. The van der Waals surface area contributed by atoms with Crippen LogP contribution < -0.4 is 9.47 Å². The summed E-state index contributed by atoms with van der Waals surface area (Å²) in [6.45, 7) is 1.90. The van der Waals surface area contributed by atoms with E-state index in [1.54, 1.807) is 37.4 Å². The molecular weight excluding hydrogens is 370 g/mol. The second-order valence-corrected chi connectivity index (χ2v) is 5.95. The third kappa shape index (κ3) is 3.84. The maximum Gasteiger partial charge on any atom is 0.203 e. The van der Waals surface area contributed by atoms with Crippen LogP contribution >= 0.6 is 15.9 Å². The van der Waals surface area contributed by atoms with E-state index in [1.165, 1.54) is 13.2 Å². The van der Waals surface area contributed by atoms with Crippen molar-refractivity contribution in [2.75, 3.05) is 14.2 Å². The van der Waals surface area contributed by atoms with Gasteiger partial charge in [-0.3, -0.25) is 4.79 Å². The molecule has 122 valence electrons. The number of halogens is 1. The van der Waals surface area contributed by atoms with Gasteiger partial charge in [0.15, 0.2) is 11.5 Å². The fourth-order valence-corrected chi connectivity index (χ4v) is 2.66. The lowest BCUT2D eigenvalue weighted by Gasteiger charge is -2.10. The van der Waals surface area contributed by atoms with Crippen LogP contribution in [0.4, 0.5) is 0 Å². The molecule has 0 unspecified atom stereocenters. The van der Waals surface area contributed by atoms with Crippen molar-refractivity contribution < 1.29 is 14.3 Å². The van der Waals surface area contributed by atoms with Crippen LogP contribution in [0.5, 0.6) is 11.5 Å². The first-order valence-corrected chi connectivity index (χ1v) is 7.94. The summed E-state index contributed by atoms with van der Waals surface area (Å²) < 4.78 is 11.2. The largest absolute Gasteiger partial charge is 0.493 e. The van der Waals surface area contributed by atoms with Crippen LogP contribution in [0, 0.1) is 18.3 Å². The summed E-state index contributed by atoms with van der Waals surface area (Å²) in [5, 5.41) is 9.40. The van der Waals surface area contributed by atoms with Gasteiger partial charge in [0.1, 0.15) is 11.6 Å². The van der Waals surface area contributed by atoms with Crippen LogP contribution in [0.2, 0.25) is 0 Å². The minimum atomic E-state index is -0.317. The molecule has 0 heterocycles. The average Bonchev–Trinajstić information content (AvgIpc) is 2.59. The zero-order valence-corrected chi connectivity index (χ0v) is 15.2. The Kier molecular flexibility index (Phi) is 5.78. The van der Waals surface area contributed by atoms with Crippen LogP contribution in [0.1, 0.15) is 21.5 Å². The first-order valence-electron chi connectivity index (χ1n) is 7.14. The van der Waals surface area contributed by atoms with Crippen molar-refractivity contribution in [2.24, 2.45) is 0 Å². The Balaban J connectivity index is 2.48. The number of carbonyl (C=O) groups excluding carboxylic acids is 1. The topological polar surface area (TPSA) is 59.3 Å². The number of nitrogens with zero attached hydrogens (tertiary/aromatic N) is 1. The summed E-state index contributed by atoms with van der Waals surface area (Å²) in [7, 11) is 3.07. The zero-order valence-electron chi connectivity index (χ0n) is 13.6. The molecule has 0 aromatic heterocycles. The second kappa shape index (κ2) is 7.80. The van der Waals surface area contributed by atoms with E-state index in [0.29, 0.717) is 27.1 Å². The number of rotatable bonds is 5. The predicted molar refractivity (Wildman–Crippen MR) is 96.3 cm³/mol. The van der Waals surface area contributed by atoms with Crippen LogP contribution in [-0.2, 0) is 0 Å². The van der Waals surface area contributed by atoms with Gasteiger partial charge in [0.05, 0.1) is 14.2 Å². The normalized spacial score (nSPS) is 10.9. The molecule has 24 heavy (non-hydrogen) atoms. The highest BCUT2D eigenvalue weighted by molar-refractivity contribution is 9.10. The third-order valence-electron chi connectivity index (χ3n) is 3.45. The molecule has 2 rings (SSSR count). The van der Waals surface area contributed by atoms with Gasteiger partial charge in [-0.1, -0.05) is 39.7 Å². The average molecular weight is 386 g/mol. The molecule has 0 radical (unpaired) electrons. The first kappa shape index (κ1) is 17.8. The SMILES string of the molecule is COc1cc(Br)c(/C=C(\C#N)C(=O)c2cccc(C)c2)cc1OC. The molecular formula is C19H16BrNO3.